The molecule has 1 aliphatic rings. The van der Waals surface area contributed by atoms with Crippen LogP contribution in [0.1, 0.15) is 39.5 Å². The van der Waals surface area contributed by atoms with Gasteiger partial charge in [-0.2, -0.15) is 0 Å². The molecule has 1 fully saturated rings. The lowest BCUT2D eigenvalue weighted by Gasteiger charge is -2.20. The number of nitrogens with one attached hydrogen (secondary N) is 2. The van der Waals surface area contributed by atoms with Crippen LogP contribution in [0.15, 0.2) is 0 Å². The Labute approximate surface area is 104 Å². The van der Waals surface area contributed by atoms with Gasteiger partial charge < -0.3 is 15.7 Å². The highest BCUT2D eigenvalue weighted by molar-refractivity contribution is 5.77. The van der Waals surface area contributed by atoms with Crippen molar-refractivity contribution < 1.29 is 9.90 Å². The Morgan fingerprint density at radius 3 is 2.53 bits per heavy atom. The first kappa shape index (κ1) is 14.5. The fourth-order valence-electron chi connectivity index (χ4n) is 1.99. The summed E-state index contributed by atoms with van der Waals surface area (Å²) in [5, 5.41) is 15.8. The average molecular weight is 242 g/mol. The van der Waals surface area contributed by atoms with Crippen molar-refractivity contribution in [3.05, 3.63) is 0 Å². The van der Waals surface area contributed by atoms with E-state index in [0.717, 1.165) is 25.3 Å². The van der Waals surface area contributed by atoms with E-state index in [9.17, 15) is 9.90 Å². The van der Waals surface area contributed by atoms with Crippen molar-refractivity contribution in [2.75, 3.05) is 19.6 Å². The molecule has 0 aromatic carbocycles. The Hall–Kier alpha value is -0.610. The lowest BCUT2D eigenvalue weighted by atomic mass is 9.96. The number of carbonyl (C=O) groups excluding carboxylic acids is 1. The first-order valence-electron chi connectivity index (χ1n) is 6.82. The van der Waals surface area contributed by atoms with Crippen LogP contribution in [-0.2, 0) is 4.79 Å². The second-order valence-corrected chi connectivity index (χ2v) is 5.02. The minimum absolute atomic E-state index is 0.0179. The summed E-state index contributed by atoms with van der Waals surface area (Å²) in [6.45, 7) is 5.82. The van der Waals surface area contributed by atoms with Gasteiger partial charge in [0.25, 0.3) is 0 Å². The average Bonchev–Trinajstić information content (AvgIpc) is 3.12. The summed E-state index contributed by atoms with van der Waals surface area (Å²) in [5.74, 6) is 1.06. The van der Waals surface area contributed by atoms with Crippen LogP contribution < -0.4 is 10.6 Å². The Morgan fingerprint density at radius 1 is 1.35 bits per heavy atom. The molecule has 0 aromatic rings. The van der Waals surface area contributed by atoms with Crippen LogP contribution >= 0.6 is 0 Å². The SMILES string of the molecule is CCC(CC)C(O)CNC(=O)CNCC1CC1. The Morgan fingerprint density at radius 2 is 2.00 bits per heavy atom. The van der Waals surface area contributed by atoms with E-state index in [1.54, 1.807) is 0 Å². The lowest BCUT2D eigenvalue weighted by molar-refractivity contribution is -0.120. The van der Waals surface area contributed by atoms with Crippen LogP contribution in [0.4, 0.5) is 0 Å². The second kappa shape index (κ2) is 7.67. The normalized spacial score (nSPS) is 17.2. The van der Waals surface area contributed by atoms with Gasteiger partial charge in [-0.1, -0.05) is 26.7 Å². The summed E-state index contributed by atoms with van der Waals surface area (Å²) in [6.07, 6.45) is 4.07. The van der Waals surface area contributed by atoms with Gasteiger partial charge in [-0.05, 0) is 31.2 Å². The third-order valence-electron chi connectivity index (χ3n) is 3.52. The molecule has 1 saturated carbocycles. The first-order valence-corrected chi connectivity index (χ1v) is 6.82. The van der Waals surface area contributed by atoms with Crippen molar-refractivity contribution in [1.29, 1.82) is 0 Å². The fraction of sp³-hybridized carbons (Fsp3) is 0.923. The van der Waals surface area contributed by atoms with Crippen molar-refractivity contribution in [3.63, 3.8) is 0 Å². The lowest BCUT2D eigenvalue weighted by Crippen LogP contribution is -2.40. The number of hydrogen-bond donors (Lipinski definition) is 3. The summed E-state index contributed by atoms with van der Waals surface area (Å²) >= 11 is 0. The van der Waals surface area contributed by atoms with Crippen LogP contribution in [0.5, 0.6) is 0 Å². The number of aliphatic hydroxyl groups is 1. The van der Waals surface area contributed by atoms with Gasteiger partial charge in [-0.3, -0.25) is 4.79 Å². The van der Waals surface area contributed by atoms with E-state index in [1.807, 2.05) is 0 Å². The van der Waals surface area contributed by atoms with Crippen molar-refractivity contribution in [3.8, 4) is 0 Å². The molecule has 4 nitrogen and oxygen atoms in total. The summed E-state index contributed by atoms with van der Waals surface area (Å²) in [5.41, 5.74) is 0. The highest BCUT2D eigenvalue weighted by Gasteiger charge is 2.21. The Kier molecular flexibility index (Phi) is 6.52. The molecule has 1 atom stereocenters. The quantitative estimate of drug-likeness (QED) is 0.563. The third kappa shape index (κ3) is 6.03. The van der Waals surface area contributed by atoms with Gasteiger partial charge >= 0.3 is 0 Å². The maximum Gasteiger partial charge on any atom is 0.234 e. The Balaban J connectivity index is 2.04. The second-order valence-electron chi connectivity index (χ2n) is 5.02. The largest absolute Gasteiger partial charge is 0.391 e. The smallest absolute Gasteiger partial charge is 0.234 e. The van der Waals surface area contributed by atoms with Crippen LogP contribution in [-0.4, -0.2) is 36.8 Å². The van der Waals surface area contributed by atoms with Crippen LogP contribution in [0.25, 0.3) is 0 Å². The van der Waals surface area contributed by atoms with Crippen LogP contribution in [0, 0.1) is 11.8 Å². The van der Waals surface area contributed by atoms with Gasteiger partial charge in [0.15, 0.2) is 0 Å². The number of aliphatic hydroxyl groups excluding tert-OH is 1. The number of rotatable bonds is 9. The minimum atomic E-state index is -0.419. The molecule has 1 amide bonds. The maximum atomic E-state index is 11.5. The fourth-order valence-corrected chi connectivity index (χ4v) is 1.99. The van der Waals surface area contributed by atoms with E-state index in [4.69, 9.17) is 0 Å². The predicted molar refractivity (Wildman–Crippen MR) is 68.7 cm³/mol. The molecule has 100 valence electrons. The van der Waals surface area contributed by atoms with Crippen molar-refractivity contribution in [2.24, 2.45) is 11.8 Å². The van der Waals surface area contributed by atoms with Gasteiger partial charge in [-0.25, -0.2) is 0 Å². The summed E-state index contributed by atoms with van der Waals surface area (Å²) in [7, 11) is 0. The number of carbonyl (C=O) groups is 1. The molecule has 4 heteroatoms. The molecule has 0 radical (unpaired) electrons. The predicted octanol–water partition coefficient (Wildman–Crippen LogP) is 0.899. The molecule has 0 saturated heterocycles. The van der Waals surface area contributed by atoms with Gasteiger partial charge in [0.05, 0.1) is 12.6 Å². The van der Waals surface area contributed by atoms with Gasteiger partial charge in [0.2, 0.25) is 5.91 Å². The topological polar surface area (TPSA) is 61.4 Å². The summed E-state index contributed by atoms with van der Waals surface area (Å²) < 4.78 is 0. The minimum Gasteiger partial charge on any atom is -0.391 e. The molecule has 3 N–H and O–H groups in total. The van der Waals surface area contributed by atoms with Crippen LogP contribution in [0.2, 0.25) is 0 Å². The molecule has 0 heterocycles. The summed E-state index contributed by atoms with van der Waals surface area (Å²) in [6, 6.07) is 0. The van der Waals surface area contributed by atoms with Crippen molar-refractivity contribution in [1.82, 2.24) is 10.6 Å². The first-order chi connectivity index (χ1) is 8.17. The molecule has 17 heavy (non-hydrogen) atoms. The molecule has 1 aliphatic carbocycles. The zero-order valence-corrected chi connectivity index (χ0v) is 11.0. The zero-order chi connectivity index (χ0) is 12.7. The maximum absolute atomic E-state index is 11.5. The molecule has 1 unspecified atom stereocenters. The Bertz CT molecular complexity index is 225. The highest BCUT2D eigenvalue weighted by atomic mass is 16.3. The molecular formula is C13H26N2O2. The molecule has 0 aromatic heterocycles. The molecule has 0 spiro atoms. The van der Waals surface area contributed by atoms with E-state index >= 15 is 0 Å². The van der Waals surface area contributed by atoms with Gasteiger partial charge in [0.1, 0.15) is 0 Å². The number of amides is 1. The van der Waals surface area contributed by atoms with Crippen molar-refractivity contribution >= 4 is 5.91 Å². The molecule has 0 bridgehead atoms. The monoisotopic (exact) mass is 242 g/mol. The third-order valence-corrected chi connectivity index (χ3v) is 3.52. The standard InChI is InChI=1S/C13H26N2O2/c1-3-11(4-2)12(16)8-15-13(17)9-14-7-10-5-6-10/h10-12,14,16H,3-9H2,1-2H3,(H,15,17). The van der Waals surface area contributed by atoms with E-state index in [0.29, 0.717) is 13.1 Å². The molecule has 0 aliphatic heterocycles. The van der Waals surface area contributed by atoms with E-state index < -0.39 is 6.10 Å². The van der Waals surface area contributed by atoms with Crippen molar-refractivity contribution in [2.45, 2.75) is 45.6 Å². The highest BCUT2D eigenvalue weighted by Crippen LogP contribution is 2.27. The summed E-state index contributed by atoms with van der Waals surface area (Å²) in [4.78, 5) is 11.5. The van der Waals surface area contributed by atoms with Gasteiger partial charge in [-0.15, -0.1) is 0 Å². The van der Waals surface area contributed by atoms with E-state index in [-0.39, 0.29) is 11.8 Å². The number of hydrogen-bond acceptors (Lipinski definition) is 3. The molecule has 1 rings (SSSR count). The van der Waals surface area contributed by atoms with E-state index in [2.05, 4.69) is 24.5 Å². The zero-order valence-electron chi connectivity index (χ0n) is 11.0. The van der Waals surface area contributed by atoms with Crippen LogP contribution in [0.3, 0.4) is 0 Å². The van der Waals surface area contributed by atoms with Gasteiger partial charge in [0, 0.05) is 6.54 Å². The van der Waals surface area contributed by atoms with E-state index in [1.165, 1.54) is 12.8 Å². The molecular weight excluding hydrogens is 216 g/mol.